The number of benzene rings is 2. The van der Waals surface area contributed by atoms with Gasteiger partial charge in [-0.3, -0.25) is 0 Å². The topological polar surface area (TPSA) is 76.7 Å². The SMILES string of the molecule is COC(=O)c1ccc(C(=O)OC)c(NC(=S)Nc2ccc(C)c(Cl)c2)c1. The molecule has 0 heterocycles. The molecular formula is C18H17ClN2O4S. The summed E-state index contributed by atoms with van der Waals surface area (Å²) in [6.45, 7) is 1.89. The first-order chi connectivity index (χ1) is 12.3. The summed E-state index contributed by atoms with van der Waals surface area (Å²) >= 11 is 11.4. The van der Waals surface area contributed by atoms with Gasteiger partial charge in [0, 0.05) is 10.7 Å². The van der Waals surface area contributed by atoms with Crippen LogP contribution in [0.25, 0.3) is 0 Å². The van der Waals surface area contributed by atoms with Crippen LogP contribution in [0, 0.1) is 6.92 Å². The van der Waals surface area contributed by atoms with E-state index in [1.54, 1.807) is 6.07 Å². The number of hydrogen-bond acceptors (Lipinski definition) is 5. The molecule has 26 heavy (non-hydrogen) atoms. The van der Waals surface area contributed by atoms with Crippen LogP contribution in [0.3, 0.4) is 0 Å². The van der Waals surface area contributed by atoms with Crippen molar-refractivity contribution in [3.63, 3.8) is 0 Å². The van der Waals surface area contributed by atoms with Gasteiger partial charge in [-0.25, -0.2) is 9.59 Å². The molecule has 0 saturated heterocycles. The lowest BCUT2D eigenvalue weighted by Crippen LogP contribution is -2.21. The van der Waals surface area contributed by atoms with E-state index < -0.39 is 11.9 Å². The van der Waals surface area contributed by atoms with Gasteiger partial charge in [-0.05, 0) is 55.0 Å². The molecule has 0 unspecified atom stereocenters. The van der Waals surface area contributed by atoms with Crippen molar-refractivity contribution < 1.29 is 19.1 Å². The van der Waals surface area contributed by atoms with E-state index in [4.69, 9.17) is 33.3 Å². The first-order valence-corrected chi connectivity index (χ1v) is 8.29. The Kier molecular flexibility index (Phi) is 6.54. The number of rotatable bonds is 4. The monoisotopic (exact) mass is 392 g/mol. The number of aryl methyl sites for hydroxylation is 1. The molecule has 0 fully saturated rings. The Balaban J connectivity index is 2.27. The van der Waals surface area contributed by atoms with E-state index in [9.17, 15) is 9.59 Å². The Hall–Kier alpha value is -2.64. The molecule has 2 N–H and O–H groups in total. The molecule has 136 valence electrons. The molecule has 0 atom stereocenters. The van der Waals surface area contributed by atoms with Crippen molar-refractivity contribution in [1.82, 2.24) is 0 Å². The Morgan fingerprint density at radius 2 is 1.69 bits per heavy atom. The first kappa shape index (κ1) is 19.7. The summed E-state index contributed by atoms with van der Waals surface area (Å²) in [6, 6.07) is 9.81. The fraction of sp³-hybridized carbons (Fsp3) is 0.167. The zero-order valence-corrected chi connectivity index (χ0v) is 16.0. The standard InChI is InChI=1S/C18H17ClN2O4S/c1-10-4-6-12(9-14(10)19)20-18(26)21-15-8-11(16(22)24-2)5-7-13(15)17(23)25-3/h4-9H,1-3H3,(H2,20,21,26). The van der Waals surface area contributed by atoms with E-state index in [0.29, 0.717) is 16.4 Å². The third kappa shape index (κ3) is 4.71. The highest BCUT2D eigenvalue weighted by molar-refractivity contribution is 7.80. The number of carbonyl (C=O) groups is 2. The summed E-state index contributed by atoms with van der Waals surface area (Å²) in [4.78, 5) is 23.7. The Bertz CT molecular complexity index is 870. The van der Waals surface area contributed by atoms with Crippen molar-refractivity contribution >= 4 is 52.2 Å². The van der Waals surface area contributed by atoms with Crippen LogP contribution in [-0.4, -0.2) is 31.3 Å². The fourth-order valence-corrected chi connectivity index (χ4v) is 2.54. The number of hydrogen-bond donors (Lipinski definition) is 2. The maximum Gasteiger partial charge on any atom is 0.339 e. The molecule has 8 heteroatoms. The minimum atomic E-state index is -0.565. The second-order valence-electron chi connectivity index (χ2n) is 5.29. The second-order valence-corrected chi connectivity index (χ2v) is 6.10. The van der Waals surface area contributed by atoms with E-state index in [-0.39, 0.29) is 16.2 Å². The molecule has 2 rings (SSSR count). The third-order valence-electron chi connectivity index (χ3n) is 3.52. The van der Waals surface area contributed by atoms with Crippen molar-refractivity contribution in [2.75, 3.05) is 24.9 Å². The van der Waals surface area contributed by atoms with Crippen LogP contribution in [0.1, 0.15) is 26.3 Å². The lowest BCUT2D eigenvalue weighted by molar-refractivity contribution is 0.0587. The highest BCUT2D eigenvalue weighted by atomic mass is 35.5. The molecule has 0 bridgehead atoms. The maximum absolute atomic E-state index is 11.9. The van der Waals surface area contributed by atoms with E-state index in [1.165, 1.54) is 32.4 Å². The van der Waals surface area contributed by atoms with Crippen molar-refractivity contribution in [3.8, 4) is 0 Å². The van der Waals surface area contributed by atoms with Crippen LogP contribution >= 0.6 is 23.8 Å². The Morgan fingerprint density at radius 1 is 1.00 bits per heavy atom. The van der Waals surface area contributed by atoms with Crippen molar-refractivity contribution in [1.29, 1.82) is 0 Å². The number of anilines is 2. The minimum Gasteiger partial charge on any atom is -0.465 e. The molecule has 0 spiro atoms. The van der Waals surface area contributed by atoms with Crippen LogP contribution in [0.2, 0.25) is 5.02 Å². The van der Waals surface area contributed by atoms with E-state index in [0.717, 1.165) is 5.56 Å². The average Bonchev–Trinajstić information content (AvgIpc) is 2.63. The summed E-state index contributed by atoms with van der Waals surface area (Å²) in [5, 5.41) is 6.69. The van der Waals surface area contributed by atoms with Crippen molar-refractivity contribution in [3.05, 3.63) is 58.1 Å². The molecular weight excluding hydrogens is 376 g/mol. The van der Waals surface area contributed by atoms with Crippen LogP contribution < -0.4 is 10.6 Å². The Morgan fingerprint density at radius 3 is 2.31 bits per heavy atom. The molecule has 2 aromatic rings. The summed E-state index contributed by atoms with van der Waals surface area (Å²) in [7, 11) is 2.54. The van der Waals surface area contributed by atoms with Gasteiger partial charge in [0.05, 0.1) is 31.0 Å². The number of nitrogens with one attached hydrogen (secondary N) is 2. The summed E-state index contributed by atoms with van der Waals surface area (Å²) < 4.78 is 9.45. The lowest BCUT2D eigenvalue weighted by atomic mass is 10.1. The van der Waals surface area contributed by atoms with Crippen LogP contribution in [0.4, 0.5) is 11.4 Å². The van der Waals surface area contributed by atoms with Crippen molar-refractivity contribution in [2.24, 2.45) is 0 Å². The van der Waals surface area contributed by atoms with Gasteiger partial charge in [0.25, 0.3) is 0 Å². The highest BCUT2D eigenvalue weighted by Gasteiger charge is 2.16. The summed E-state index contributed by atoms with van der Waals surface area (Å²) in [5.41, 5.74) is 2.43. The largest absolute Gasteiger partial charge is 0.465 e. The minimum absolute atomic E-state index is 0.220. The predicted octanol–water partition coefficient (Wildman–Crippen LogP) is 4.03. The van der Waals surface area contributed by atoms with Gasteiger partial charge in [-0.1, -0.05) is 17.7 Å². The van der Waals surface area contributed by atoms with Gasteiger partial charge in [0.2, 0.25) is 0 Å². The van der Waals surface area contributed by atoms with Crippen LogP contribution in [0.5, 0.6) is 0 Å². The number of thiocarbonyl (C=S) groups is 1. The van der Waals surface area contributed by atoms with Gasteiger partial charge in [0.15, 0.2) is 5.11 Å². The smallest absolute Gasteiger partial charge is 0.339 e. The highest BCUT2D eigenvalue weighted by Crippen LogP contribution is 2.22. The molecule has 6 nitrogen and oxygen atoms in total. The molecule has 0 saturated carbocycles. The van der Waals surface area contributed by atoms with Crippen molar-refractivity contribution in [2.45, 2.75) is 6.92 Å². The number of halogens is 1. The van der Waals surface area contributed by atoms with Gasteiger partial charge in [0.1, 0.15) is 0 Å². The molecule has 2 aromatic carbocycles. The molecule has 0 aliphatic heterocycles. The van der Waals surface area contributed by atoms with E-state index >= 15 is 0 Å². The summed E-state index contributed by atoms with van der Waals surface area (Å²) in [6.07, 6.45) is 0. The zero-order valence-electron chi connectivity index (χ0n) is 14.4. The fourth-order valence-electron chi connectivity index (χ4n) is 2.14. The van der Waals surface area contributed by atoms with E-state index in [2.05, 4.69) is 10.6 Å². The molecule has 0 radical (unpaired) electrons. The van der Waals surface area contributed by atoms with Crippen LogP contribution in [0.15, 0.2) is 36.4 Å². The van der Waals surface area contributed by atoms with Gasteiger partial charge in [-0.2, -0.15) is 0 Å². The number of esters is 2. The second kappa shape index (κ2) is 8.64. The molecule has 0 aliphatic rings. The molecule has 0 aliphatic carbocycles. The normalized spacial score (nSPS) is 10.0. The zero-order chi connectivity index (χ0) is 19.3. The quantitative estimate of drug-likeness (QED) is 0.600. The molecule has 0 amide bonds. The third-order valence-corrected chi connectivity index (χ3v) is 4.14. The van der Waals surface area contributed by atoms with E-state index in [1.807, 2.05) is 19.1 Å². The van der Waals surface area contributed by atoms with Gasteiger partial charge < -0.3 is 20.1 Å². The maximum atomic E-state index is 11.9. The predicted molar refractivity (Wildman–Crippen MR) is 105 cm³/mol. The number of carbonyl (C=O) groups excluding carboxylic acids is 2. The summed E-state index contributed by atoms with van der Waals surface area (Å²) in [5.74, 6) is -1.10. The Labute approximate surface area is 161 Å². The van der Waals surface area contributed by atoms with Gasteiger partial charge >= 0.3 is 11.9 Å². The lowest BCUT2D eigenvalue weighted by Gasteiger charge is -2.14. The first-order valence-electron chi connectivity index (χ1n) is 7.50. The molecule has 0 aromatic heterocycles. The average molecular weight is 393 g/mol. The number of ether oxygens (including phenoxy) is 2. The number of methoxy groups -OCH3 is 2. The van der Waals surface area contributed by atoms with Crippen LogP contribution in [-0.2, 0) is 9.47 Å². The van der Waals surface area contributed by atoms with Gasteiger partial charge in [-0.15, -0.1) is 0 Å².